The van der Waals surface area contributed by atoms with Crippen LogP contribution in [0.15, 0.2) is 11.1 Å². The summed E-state index contributed by atoms with van der Waals surface area (Å²) in [6.07, 6.45) is 24.8. The molecule has 0 saturated carbocycles. The predicted molar refractivity (Wildman–Crippen MR) is 153 cm³/mol. The van der Waals surface area contributed by atoms with Crippen molar-refractivity contribution < 1.29 is 29.3 Å². The molecule has 6 nitrogen and oxygen atoms in total. The van der Waals surface area contributed by atoms with Crippen LogP contribution in [0.1, 0.15) is 155 Å². The lowest BCUT2D eigenvalue weighted by Crippen LogP contribution is -2.12. The van der Waals surface area contributed by atoms with Crippen LogP contribution in [-0.4, -0.2) is 46.6 Å². The van der Waals surface area contributed by atoms with Gasteiger partial charge in [0.25, 0.3) is 0 Å². The second kappa shape index (κ2) is 19.6. The lowest BCUT2D eigenvalue weighted by Gasteiger charge is -2.09. The number of carboxylic acid groups (broad SMARTS) is 2. The Morgan fingerprint density at radius 1 is 0.474 bits per heavy atom. The van der Waals surface area contributed by atoms with Gasteiger partial charge >= 0.3 is 11.9 Å². The number of hydrogen-bond acceptors (Lipinski definition) is 4. The van der Waals surface area contributed by atoms with Gasteiger partial charge in [-0.1, -0.05) is 104 Å². The average Bonchev–Trinajstić information content (AvgIpc) is 3.81. The van der Waals surface area contributed by atoms with E-state index in [0.29, 0.717) is 37.9 Å². The molecule has 0 bridgehead atoms. The van der Waals surface area contributed by atoms with Crippen molar-refractivity contribution in [2.24, 2.45) is 0 Å². The summed E-state index contributed by atoms with van der Waals surface area (Å²) in [5.41, 5.74) is 0.135. The SMILES string of the molecule is CCCCCCCCCC1OC1CCC/C(C(=O)O)=C(\CCCC1OC1CCCCCCCCC)C(=O)O. The Morgan fingerprint density at radius 2 is 0.763 bits per heavy atom. The molecule has 6 heteroatoms. The van der Waals surface area contributed by atoms with Gasteiger partial charge in [-0.15, -0.1) is 0 Å². The first kappa shape index (κ1) is 32.8. The van der Waals surface area contributed by atoms with Gasteiger partial charge in [0.1, 0.15) is 0 Å². The smallest absolute Gasteiger partial charge is 0.332 e. The van der Waals surface area contributed by atoms with Crippen molar-refractivity contribution in [1.29, 1.82) is 0 Å². The fraction of sp³-hybridized carbons (Fsp3) is 0.875. The fourth-order valence-electron chi connectivity index (χ4n) is 5.71. The van der Waals surface area contributed by atoms with E-state index in [1.165, 1.54) is 89.9 Å². The van der Waals surface area contributed by atoms with Crippen molar-refractivity contribution in [3.8, 4) is 0 Å². The molecule has 0 amide bonds. The van der Waals surface area contributed by atoms with Crippen LogP contribution in [-0.2, 0) is 19.1 Å². The van der Waals surface area contributed by atoms with E-state index < -0.39 is 11.9 Å². The maximum absolute atomic E-state index is 11.9. The Hall–Kier alpha value is -1.40. The summed E-state index contributed by atoms with van der Waals surface area (Å²) in [6, 6.07) is 0. The van der Waals surface area contributed by atoms with E-state index in [4.69, 9.17) is 9.47 Å². The minimum Gasteiger partial charge on any atom is -0.478 e. The normalized spacial score (nSPS) is 22.8. The molecule has 2 aliphatic rings. The second-order valence-electron chi connectivity index (χ2n) is 11.6. The Morgan fingerprint density at radius 3 is 1.08 bits per heavy atom. The number of rotatable bonds is 26. The van der Waals surface area contributed by atoms with Gasteiger partial charge in [-0.2, -0.15) is 0 Å². The Labute approximate surface area is 231 Å². The van der Waals surface area contributed by atoms with E-state index in [2.05, 4.69) is 13.8 Å². The molecule has 0 spiro atoms. The van der Waals surface area contributed by atoms with Crippen LogP contribution in [0.25, 0.3) is 0 Å². The Bertz CT molecular complexity index is 644. The highest BCUT2D eigenvalue weighted by atomic mass is 16.6. The Balaban J connectivity index is 1.59. The summed E-state index contributed by atoms with van der Waals surface area (Å²) < 4.78 is 11.6. The molecule has 2 N–H and O–H groups in total. The zero-order valence-corrected chi connectivity index (χ0v) is 24.4. The highest BCUT2D eigenvalue weighted by Crippen LogP contribution is 2.34. The van der Waals surface area contributed by atoms with Gasteiger partial charge in [0.15, 0.2) is 0 Å². The number of hydrogen-bond donors (Lipinski definition) is 2. The summed E-state index contributed by atoms with van der Waals surface area (Å²) >= 11 is 0. The van der Waals surface area contributed by atoms with E-state index in [9.17, 15) is 19.8 Å². The van der Waals surface area contributed by atoms with E-state index in [1.807, 2.05) is 0 Å². The number of aliphatic carboxylic acids is 2. The van der Waals surface area contributed by atoms with E-state index >= 15 is 0 Å². The first-order valence-electron chi connectivity index (χ1n) is 16.0. The van der Waals surface area contributed by atoms with Crippen LogP contribution in [0.4, 0.5) is 0 Å². The number of ether oxygens (including phenoxy) is 2. The van der Waals surface area contributed by atoms with Crippen LogP contribution in [0.2, 0.25) is 0 Å². The summed E-state index contributed by atoms with van der Waals surface area (Å²) in [7, 11) is 0. The zero-order valence-electron chi connectivity index (χ0n) is 24.4. The summed E-state index contributed by atoms with van der Waals surface area (Å²) in [5, 5.41) is 19.4. The predicted octanol–water partition coefficient (Wildman–Crippen LogP) is 8.61. The first-order chi connectivity index (χ1) is 18.5. The van der Waals surface area contributed by atoms with E-state index in [-0.39, 0.29) is 23.4 Å². The van der Waals surface area contributed by atoms with Crippen molar-refractivity contribution >= 4 is 11.9 Å². The molecule has 4 atom stereocenters. The molecule has 2 rings (SSSR count). The molecule has 220 valence electrons. The fourth-order valence-corrected chi connectivity index (χ4v) is 5.71. The van der Waals surface area contributed by atoms with Crippen molar-refractivity contribution in [2.75, 3.05) is 0 Å². The maximum Gasteiger partial charge on any atom is 0.332 e. The van der Waals surface area contributed by atoms with Gasteiger partial charge in [-0.05, 0) is 51.4 Å². The third-order valence-electron chi connectivity index (χ3n) is 8.27. The van der Waals surface area contributed by atoms with Crippen molar-refractivity contribution in [2.45, 2.75) is 180 Å². The molecule has 4 unspecified atom stereocenters. The molecule has 2 fully saturated rings. The van der Waals surface area contributed by atoms with Crippen molar-refractivity contribution in [1.82, 2.24) is 0 Å². The minimum atomic E-state index is -1.10. The standard InChI is InChI=1S/C32H56O6/c1-3-5-7-9-11-13-15-21-27-29(37-27)23-17-19-25(31(33)34)26(32(35)36)20-18-24-30-28(38-30)22-16-14-12-10-8-6-4-2/h27-30H,3-24H2,1-2H3,(H,33,34)(H,35,36)/b26-25-. The lowest BCUT2D eigenvalue weighted by atomic mass is 9.96. The molecule has 0 aliphatic carbocycles. The van der Waals surface area contributed by atoms with Gasteiger partial charge in [-0.25, -0.2) is 9.59 Å². The van der Waals surface area contributed by atoms with Gasteiger partial charge in [0.05, 0.1) is 24.4 Å². The first-order valence-corrected chi connectivity index (χ1v) is 16.0. The van der Waals surface area contributed by atoms with E-state index in [0.717, 1.165) is 25.7 Å². The molecule has 2 saturated heterocycles. The van der Waals surface area contributed by atoms with Gasteiger partial charge in [-0.3, -0.25) is 0 Å². The topological polar surface area (TPSA) is 99.7 Å². The molecule has 0 aromatic rings. The zero-order chi connectivity index (χ0) is 27.6. The highest BCUT2D eigenvalue weighted by molar-refractivity contribution is 5.98. The van der Waals surface area contributed by atoms with Crippen LogP contribution in [0.5, 0.6) is 0 Å². The Kier molecular flexibility index (Phi) is 16.9. The molecule has 0 radical (unpaired) electrons. The lowest BCUT2D eigenvalue weighted by molar-refractivity contribution is -0.136. The molecule has 0 aromatic heterocycles. The summed E-state index contributed by atoms with van der Waals surface area (Å²) in [5.74, 6) is -2.20. The maximum atomic E-state index is 11.9. The van der Waals surface area contributed by atoms with Crippen LogP contribution in [0, 0.1) is 0 Å². The van der Waals surface area contributed by atoms with Gasteiger partial charge in [0, 0.05) is 11.1 Å². The highest BCUT2D eigenvalue weighted by Gasteiger charge is 2.38. The van der Waals surface area contributed by atoms with Crippen molar-refractivity contribution in [3.05, 3.63) is 11.1 Å². The van der Waals surface area contributed by atoms with Crippen LogP contribution in [0.3, 0.4) is 0 Å². The monoisotopic (exact) mass is 536 g/mol. The number of unbranched alkanes of at least 4 members (excludes halogenated alkanes) is 12. The summed E-state index contributed by atoms with van der Waals surface area (Å²) in [6.45, 7) is 4.47. The molecule has 2 heterocycles. The largest absolute Gasteiger partial charge is 0.478 e. The third-order valence-corrected chi connectivity index (χ3v) is 8.27. The summed E-state index contributed by atoms with van der Waals surface area (Å²) in [4.78, 5) is 23.8. The van der Waals surface area contributed by atoms with Crippen LogP contribution >= 0.6 is 0 Å². The average molecular weight is 537 g/mol. The second-order valence-corrected chi connectivity index (χ2v) is 11.6. The number of carboxylic acids is 2. The minimum absolute atomic E-state index is 0.0677. The van der Waals surface area contributed by atoms with E-state index in [1.54, 1.807) is 0 Å². The van der Waals surface area contributed by atoms with Crippen LogP contribution < -0.4 is 0 Å². The molecule has 38 heavy (non-hydrogen) atoms. The third kappa shape index (κ3) is 14.1. The molecule has 2 aliphatic heterocycles. The quantitative estimate of drug-likeness (QED) is 0.0652. The number of epoxide rings is 2. The van der Waals surface area contributed by atoms with Crippen molar-refractivity contribution in [3.63, 3.8) is 0 Å². The molecular weight excluding hydrogens is 480 g/mol. The van der Waals surface area contributed by atoms with Gasteiger partial charge in [0.2, 0.25) is 0 Å². The molecule has 0 aromatic carbocycles. The van der Waals surface area contributed by atoms with Gasteiger partial charge < -0.3 is 19.7 Å². The number of carbonyl (C=O) groups is 2. The molecular formula is C32H56O6.